The molecule has 25 heavy (non-hydrogen) atoms. The first-order chi connectivity index (χ1) is 12.1. The van der Waals surface area contributed by atoms with Gasteiger partial charge in [0.1, 0.15) is 5.82 Å². The smallest absolute Gasteiger partial charge is 0.225 e. The van der Waals surface area contributed by atoms with Crippen LogP contribution in [0.5, 0.6) is 0 Å². The van der Waals surface area contributed by atoms with Gasteiger partial charge in [0.05, 0.1) is 5.69 Å². The summed E-state index contributed by atoms with van der Waals surface area (Å²) in [5.74, 6) is 0.147. The number of rotatable bonds is 6. The Morgan fingerprint density at radius 3 is 2.84 bits per heavy atom. The molecule has 5 heteroatoms. The number of nitrogens with zero attached hydrogens (tertiary/aromatic N) is 2. The molecule has 1 amide bonds. The number of nitrogens with one attached hydrogen (secondary N) is 1. The number of benzene rings is 1. The number of hydrogen-bond donors (Lipinski definition) is 1. The Morgan fingerprint density at radius 1 is 1.32 bits per heavy atom. The Morgan fingerprint density at radius 2 is 2.12 bits per heavy atom. The summed E-state index contributed by atoms with van der Waals surface area (Å²) >= 11 is 0. The van der Waals surface area contributed by atoms with Crippen molar-refractivity contribution in [1.82, 2.24) is 15.1 Å². The first-order valence-electron chi connectivity index (χ1n) is 8.83. The van der Waals surface area contributed by atoms with E-state index in [4.69, 9.17) is 0 Å². The quantitative estimate of drug-likeness (QED) is 0.809. The van der Waals surface area contributed by atoms with Crippen molar-refractivity contribution >= 4 is 5.91 Å². The Bertz CT molecular complexity index is 736. The maximum atomic E-state index is 13.0. The molecule has 3 rings (SSSR count). The molecule has 1 aromatic carbocycles. The standard InChI is InChI=1S/C20H24FN3O/c1-24(20(25)16-6-3-2-4-7-16)13-5-8-18-14-19(23-22-18)15-9-11-17(21)12-10-15/h2-3,9-12,14,16H,4-8,13H2,1H3,(H,22,23)/t16-/m0/s1. The molecule has 1 aromatic heterocycles. The highest BCUT2D eigenvalue weighted by Gasteiger charge is 2.21. The maximum absolute atomic E-state index is 13.0. The predicted molar refractivity (Wildman–Crippen MR) is 96.4 cm³/mol. The molecule has 0 aliphatic heterocycles. The largest absolute Gasteiger partial charge is 0.346 e. The van der Waals surface area contributed by atoms with Crippen molar-refractivity contribution < 1.29 is 9.18 Å². The number of aromatic amines is 1. The van der Waals surface area contributed by atoms with E-state index in [0.29, 0.717) is 0 Å². The lowest BCUT2D eigenvalue weighted by Gasteiger charge is -2.24. The van der Waals surface area contributed by atoms with E-state index in [1.165, 1.54) is 12.1 Å². The van der Waals surface area contributed by atoms with Crippen LogP contribution in [0.1, 0.15) is 31.4 Å². The highest BCUT2D eigenvalue weighted by Crippen LogP contribution is 2.21. The minimum absolute atomic E-state index is 0.146. The number of allylic oxidation sites excluding steroid dienone is 2. The zero-order valence-electron chi connectivity index (χ0n) is 14.5. The monoisotopic (exact) mass is 341 g/mol. The van der Waals surface area contributed by atoms with E-state index < -0.39 is 0 Å². The fourth-order valence-electron chi connectivity index (χ4n) is 3.20. The predicted octanol–water partition coefficient (Wildman–Crippen LogP) is 3.96. The third kappa shape index (κ3) is 4.56. The van der Waals surface area contributed by atoms with Gasteiger partial charge in [0, 0.05) is 30.8 Å². The molecule has 132 valence electrons. The van der Waals surface area contributed by atoms with Crippen LogP contribution in [0.25, 0.3) is 11.3 Å². The number of H-pyrrole nitrogens is 1. The van der Waals surface area contributed by atoms with E-state index in [1.54, 1.807) is 12.1 Å². The normalized spacial score (nSPS) is 16.8. The van der Waals surface area contributed by atoms with E-state index in [1.807, 2.05) is 18.0 Å². The molecule has 2 aromatic rings. The van der Waals surface area contributed by atoms with Gasteiger partial charge >= 0.3 is 0 Å². The van der Waals surface area contributed by atoms with Gasteiger partial charge in [-0.15, -0.1) is 0 Å². The van der Waals surface area contributed by atoms with Gasteiger partial charge in [0.2, 0.25) is 5.91 Å². The number of aromatic nitrogens is 2. The molecule has 1 aliphatic carbocycles. The molecule has 0 spiro atoms. The van der Waals surface area contributed by atoms with Gasteiger partial charge in [-0.3, -0.25) is 9.89 Å². The molecule has 0 radical (unpaired) electrons. The van der Waals surface area contributed by atoms with Crippen molar-refractivity contribution in [3.8, 4) is 11.3 Å². The number of carbonyl (C=O) groups is 1. The molecule has 0 unspecified atom stereocenters. The maximum Gasteiger partial charge on any atom is 0.225 e. The summed E-state index contributed by atoms with van der Waals surface area (Å²) < 4.78 is 13.0. The van der Waals surface area contributed by atoms with E-state index in [2.05, 4.69) is 22.3 Å². The molecule has 0 saturated carbocycles. The molecular formula is C20H24FN3O. The number of hydrogen-bond acceptors (Lipinski definition) is 2. The average molecular weight is 341 g/mol. The second-order valence-electron chi connectivity index (χ2n) is 6.63. The van der Waals surface area contributed by atoms with Crippen LogP contribution < -0.4 is 0 Å². The summed E-state index contributed by atoms with van der Waals surface area (Å²) in [6.07, 6.45) is 8.81. The molecule has 1 aliphatic rings. The lowest BCUT2D eigenvalue weighted by atomic mass is 9.93. The lowest BCUT2D eigenvalue weighted by Crippen LogP contribution is -2.34. The summed E-state index contributed by atoms with van der Waals surface area (Å²) in [7, 11) is 1.89. The van der Waals surface area contributed by atoms with Crippen LogP contribution in [-0.2, 0) is 11.2 Å². The fraction of sp³-hybridized carbons (Fsp3) is 0.400. The van der Waals surface area contributed by atoms with E-state index in [0.717, 1.165) is 55.6 Å². The SMILES string of the molecule is CN(CCCc1cc(-c2ccc(F)cc2)n[nH]1)C(=O)[C@H]1CC=CCC1. The van der Waals surface area contributed by atoms with Crippen molar-refractivity contribution in [2.45, 2.75) is 32.1 Å². The molecule has 1 N–H and O–H groups in total. The van der Waals surface area contributed by atoms with E-state index in [-0.39, 0.29) is 17.6 Å². The summed E-state index contributed by atoms with van der Waals surface area (Å²) in [4.78, 5) is 14.2. The van der Waals surface area contributed by atoms with Gasteiger partial charge in [0.25, 0.3) is 0 Å². The topological polar surface area (TPSA) is 49.0 Å². The van der Waals surface area contributed by atoms with E-state index >= 15 is 0 Å². The first kappa shape index (κ1) is 17.4. The minimum atomic E-state index is -0.249. The lowest BCUT2D eigenvalue weighted by molar-refractivity contribution is -0.134. The Kier molecular flexibility index (Phi) is 5.64. The van der Waals surface area contributed by atoms with Crippen molar-refractivity contribution in [2.75, 3.05) is 13.6 Å². The zero-order chi connectivity index (χ0) is 17.6. The van der Waals surface area contributed by atoms with Crippen LogP contribution in [0, 0.1) is 11.7 Å². The van der Waals surface area contributed by atoms with Crippen molar-refractivity contribution in [3.63, 3.8) is 0 Å². The zero-order valence-corrected chi connectivity index (χ0v) is 14.5. The van der Waals surface area contributed by atoms with Gasteiger partial charge in [0.15, 0.2) is 0 Å². The summed E-state index contributed by atoms with van der Waals surface area (Å²) in [5, 5.41) is 7.32. The first-order valence-corrected chi connectivity index (χ1v) is 8.83. The number of carbonyl (C=O) groups excluding carboxylic acids is 1. The Hall–Kier alpha value is -2.43. The number of aryl methyl sites for hydroxylation is 1. The molecule has 0 bridgehead atoms. The molecular weight excluding hydrogens is 317 g/mol. The molecule has 0 fully saturated rings. The average Bonchev–Trinajstić information content (AvgIpc) is 3.11. The van der Waals surface area contributed by atoms with Crippen molar-refractivity contribution in [1.29, 1.82) is 0 Å². The Labute approximate surface area is 147 Å². The number of amides is 1. The molecule has 1 heterocycles. The third-order valence-corrected chi connectivity index (χ3v) is 4.71. The van der Waals surface area contributed by atoms with Gasteiger partial charge in [-0.05, 0) is 62.4 Å². The second-order valence-corrected chi connectivity index (χ2v) is 6.63. The molecule has 0 saturated heterocycles. The number of halogens is 1. The van der Waals surface area contributed by atoms with Gasteiger partial charge in [-0.25, -0.2) is 4.39 Å². The van der Waals surface area contributed by atoms with Gasteiger partial charge < -0.3 is 4.90 Å². The van der Waals surface area contributed by atoms with Crippen molar-refractivity contribution in [3.05, 3.63) is 54.0 Å². The van der Waals surface area contributed by atoms with Crippen molar-refractivity contribution in [2.24, 2.45) is 5.92 Å². The molecule has 1 atom stereocenters. The Balaban J connectivity index is 1.48. The van der Waals surface area contributed by atoms with Gasteiger partial charge in [-0.1, -0.05) is 12.2 Å². The second kappa shape index (κ2) is 8.10. The minimum Gasteiger partial charge on any atom is -0.346 e. The van der Waals surface area contributed by atoms with Crippen LogP contribution >= 0.6 is 0 Å². The summed E-state index contributed by atoms with van der Waals surface area (Å²) in [6, 6.07) is 8.30. The van der Waals surface area contributed by atoms with Crippen LogP contribution in [0.15, 0.2) is 42.5 Å². The van der Waals surface area contributed by atoms with Crippen LogP contribution in [-0.4, -0.2) is 34.6 Å². The highest BCUT2D eigenvalue weighted by molar-refractivity contribution is 5.78. The van der Waals surface area contributed by atoms with Crippen LogP contribution in [0.4, 0.5) is 4.39 Å². The summed E-state index contributed by atoms with van der Waals surface area (Å²) in [6.45, 7) is 0.740. The molecule has 4 nitrogen and oxygen atoms in total. The van der Waals surface area contributed by atoms with Crippen LogP contribution in [0.2, 0.25) is 0 Å². The fourth-order valence-corrected chi connectivity index (χ4v) is 3.20. The highest BCUT2D eigenvalue weighted by atomic mass is 19.1. The summed E-state index contributed by atoms with van der Waals surface area (Å²) in [5.41, 5.74) is 2.73. The van der Waals surface area contributed by atoms with Crippen LogP contribution in [0.3, 0.4) is 0 Å². The van der Waals surface area contributed by atoms with Gasteiger partial charge in [-0.2, -0.15) is 5.10 Å². The van der Waals surface area contributed by atoms with E-state index in [9.17, 15) is 9.18 Å². The third-order valence-electron chi connectivity index (χ3n) is 4.71.